The summed E-state index contributed by atoms with van der Waals surface area (Å²) in [6.45, 7) is 1.33. The first-order chi connectivity index (χ1) is 8.96. The summed E-state index contributed by atoms with van der Waals surface area (Å²) < 4.78 is 29.0. The van der Waals surface area contributed by atoms with Gasteiger partial charge in [0.2, 0.25) is 0 Å². The van der Waals surface area contributed by atoms with Crippen molar-refractivity contribution < 1.29 is 17.9 Å². The van der Waals surface area contributed by atoms with Crippen LogP contribution < -0.4 is 0 Å². The number of carbonyl (C=O) groups is 1. The summed E-state index contributed by atoms with van der Waals surface area (Å²) in [4.78, 5) is 11.5. The highest BCUT2D eigenvalue weighted by atomic mass is 32.2. The first-order valence-electron chi connectivity index (χ1n) is 5.77. The zero-order valence-corrected chi connectivity index (χ0v) is 11.5. The topological polar surface area (TPSA) is 60.4 Å². The van der Waals surface area contributed by atoms with Crippen LogP contribution in [-0.4, -0.2) is 26.7 Å². The second kappa shape index (κ2) is 5.01. The van der Waals surface area contributed by atoms with Crippen molar-refractivity contribution in [1.29, 1.82) is 0 Å². The third-order valence-corrected chi connectivity index (χ3v) is 5.08. The highest BCUT2D eigenvalue weighted by Gasteiger charge is 2.30. The quantitative estimate of drug-likeness (QED) is 0.807. The molecule has 0 saturated carbocycles. The number of carbonyl (C=O) groups excluding carboxylic acids is 1. The molecule has 4 nitrogen and oxygen atoms in total. The second-order valence-corrected chi connectivity index (χ2v) is 6.49. The fourth-order valence-corrected chi connectivity index (χ4v) is 3.15. The van der Waals surface area contributed by atoms with E-state index in [4.69, 9.17) is 0 Å². The second-order valence-electron chi connectivity index (χ2n) is 4.22. The predicted octanol–water partition coefficient (Wildman–Crippen LogP) is 2.17. The van der Waals surface area contributed by atoms with Crippen molar-refractivity contribution in [2.75, 3.05) is 7.11 Å². The van der Waals surface area contributed by atoms with E-state index in [0.29, 0.717) is 0 Å². The monoisotopic (exact) mass is 278 g/mol. The van der Waals surface area contributed by atoms with E-state index in [0.717, 1.165) is 10.8 Å². The number of hydrogen-bond acceptors (Lipinski definition) is 4. The van der Waals surface area contributed by atoms with Crippen LogP contribution >= 0.6 is 0 Å². The Kier molecular flexibility index (Phi) is 3.57. The third kappa shape index (κ3) is 2.46. The van der Waals surface area contributed by atoms with Gasteiger partial charge < -0.3 is 4.74 Å². The lowest BCUT2D eigenvalue weighted by atomic mass is 10.1. The van der Waals surface area contributed by atoms with E-state index in [1.807, 2.05) is 24.3 Å². The molecule has 0 aliphatic rings. The molecule has 2 rings (SSSR count). The Labute approximate surface area is 111 Å². The number of rotatable bonds is 3. The van der Waals surface area contributed by atoms with Gasteiger partial charge in [-0.15, -0.1) is 0 Å². The molecule has 0 spiro atoms. The average molecular weight is 278 g/mol. The van der Waals surface area contributed by atoms with Gasteiger partial charge in [0, 0.05) is 0 Å². The summed E-state index contributed by atoms with van der Waals surface area (Å²) in [5.41, 5.74) is 0. The van der Waals surface area contributed by atoms with Crippen LogP contribution in [0.5, 0.6) is 0 Å². The predicted molar refractivity (Wildman–Crippen MR) is 72.6 cm³/mol. The van der Waals surface area contributed by atoms with E-state index in [-0.39, 0.29) is 4.90 Å². The summed E-state index contributed by atoms with van der Waals surface area (Å²) in [7, 11) is -2.54. The smallest absolute Gasteiger partial charge is 0.324 e. The fraction of sp³-hybridized carbons (Fsp3) is 0.214. The Morgan fingerprint density at radius 1 is 1.11 bits per heavy atom. The van der Waals surface area contributed by atoms with Gasteiger partial charge in [-0.2, -0.15) is 0 Å². The van der Waals surface area contributed by atoms with Gasteiger partial charge in [-0.25, -0.2) is 8.42 Å². The Hall–Kier alpha value is -1.88. The van der Waals surface area contributed by atoms with Gasteiger partial charge in [-0.3, -0.25) is 4.79 Å². The maximum Gasteiger partial charge on any atom is 0.324 e. The molecule has 0 fully saturated rings. The Morgan fingerprint density at radius 2 is 1.74 bits per heavy atom. The minimum Gasteiger partial charge on any atom is -0.468 e. The Morgan fingerprint density at radius 3 is 2.37 bits per heavy atom. The van der Waals surface area contributed by atoms with Crippen LogP contribution in [-0.2, 0) is 19.4 Å². The van der Waals surface area contributed by atoms with Gasteiger partial charge >= 0.3 is 5.97 Å². The lowest BCUT2D eigenvalue weighted by Gasteiger charge is -2.11. The minimum absolute atomic E-state index is 0.129. The van der Waals surface area contributed by atoms with Crippen molar-refractivity contribution in [2.24, 2.45) is 0 Å². The zero-order valence-electron chi connectivity index (χ0n) is 10.7. The van der Waals surface area contributed by atoms with Gasteiger partial charge in [0.15, 0.2) is 15.1 Å². The highest BCUT2D eigenvalue weighted by Crippen LogP contribution is 2.22. The van der Waals surface area contributed by atoms with Gasteiger partial charge in [0.05, 0.1) is 12.0 Å². The Bertz CT molecular complexity index is 719. The maximum absolute atomic E-state index is 12.3. The summed E-state index contributed by atoms with van der Waals surface area (Å²) in [5.74, 6) is -0.756. The maximum atomic E-state index is 12.3. The minimum atomic E-state index is -3.72. The van der Waals surface area contributed by atoms with Crippen molar-refractivity contribution in [2.45, 2.75) is 17.1 Å². The van der Waals surface area contributed by atoms with Crippen molar-refractivity contribution in [3.63, 3.8) is 0 Å². The summed E-state index contributed by atoms with van der Waals surface area (Å²) in [6.07, 6.45) is 0. The summed E-state index contributed by atoms with van der Waals surface area (Å²) >= 11 is 0. The summed E-state index contributed by atoms with van der Waals surface area (Å²) in [6, 6.07) is 12.3. The van der Waals surface area contributed by atoms with Crippen LogP contribution in [0.25, 0.3) is 10.8 Å². The summed E-state index contributed by atoms with van der Waals surface area (Å²) in [5, 5.41) is 0.562. The third-order valence-electron chi connectivity index (χ3n) is 3.05. The first kappa shape index (κ1) is 13.5. The molecule has 5 heteroatoms. The molecule has 1 atom stereocenters. The van der Waals surface area contributed by atoms with Crippen LogP contribution in [0.4, 0.5) is 0 Å². The lowest BCUT2D eigenvalue weighted by molar-refractivity contribution is -0.139. The fourth-order valence-electron chi connectivity index (χ4n) is 1.84. The number of benzene rings is 2. The van der Waals surface area contributed by atoms with Gasteiger partial charge in [-0.05, 0) is 29.8 Å². The molecule has 0 saturated heterocycles. The molecule has 1 unspecified atom stereocenters. The Balaban J connectivity index is 2.52. The molecule has 2 aromatic rings. The van der Waals surface area contributed by atoms with Gasteiger partial charge in [-0.1, -0.05) is 30.3 Å². The number of sulfone groups is 1. The number of methoxy groups -OCH3 is 1. The largest absolute Gasteiger partial charge is 0.468 e. The van der Waals surface area contributed by atoms with E-state index in [1.165, 1.54) is 20.1 Å². The molecule has 100 valence electrons. The molecule has 0 bridgehead atoms. The SMILES string of the molecule is COC(=O)C(C)S(=O)(=O)c1ccc2ccccc2c1. The number of fused-ring (bicyclic) bond motifs is 1. The standard InChI is InChI=1S/C14H14O4S/c1-10(14(15)18-2)19(16,17)13-8-7-11-5-3-4-6-12(11)9-13/h3-10H,1-2H3. The van der Waals surface area contributed by atoms with E-state index >= 15 is 0 Å². The molecule has 0 amide bonds. The first-order valence-corrected chi connectivity index (χ1v) is 7.32. The molecule has 0 heterocycles. The number of ether oxygens (including phenoxy) is 1. The average Bonchev–Trinajstić information content (AvgIpc) is 2.45. The van der Waals surface area contributed by atoms with E-state index < -0.39 is 21.1 Å². The molecule has 0 radical (unpaired) electrons. The van der Waals surface area contributed by atoms with E-state index in [1.54, 1.807) is 12.1 Å². The van der Waals surface area contributed by atoms with Gasteiger partial charge in [0.1, 0.15) is 0 Å². The molecule has 2 aromatic carbocycles. The van der Waals surface area contributed by atoms with Crippen LogP contribution in [0.15, 0.2) is 47.4 Å². The zero-order chi connectivity index (χ0) is 14.0. The van der Waals surface area contributed by atoms with Crippen molar-refractivity contribution in [3.8, 4) is 0 Å². The van der Waals surface area contributed by atoms with Crippen LogP contribution in [0, 0.1) is 0 Å². The normalized spacial score (nSPS) is 13.2. The highest BCUT2D eigenvalue weighted by molar-refractivity contribution is 7.92. The van der Waals surface area contributed by atoms with E-state index in [2.05, 4.69) is 4.74 Å². The molecule has 0 N–H and O–H groups in total. The molecule has 0 aromatic heterocycles. The van der Waals surface area contributed by atoms with Crippen molar-refractivity contribution in [1.82, 2.24) is 0 Å². The van der Waals surface area contributed by atoms with Crippen molar-refractivity contribution >= 4 is 26.6 Å². The van der Waals surface area contributed by atoms with Crippen LogP contribution in [0.1, 0.15) is 6.92 Å². The molecular weight excluding hydrogens is 264 g/mol. The van der Waals surface area contributed by atoms with Crippen LogP contribution in [0.3, 0.4) is 0 Å². The molecule has 19 heavy (non-hydrogen) atoms. The molecular formula is C14H14O4S. The number of hydrogen-bond donors (Lipinski definition) is 0. The van der Waals surface area contributed by atoms with Crippen LogP contribution in [0.2, 0.25) is 0 Å². The molecule has 0 aliphatic carbocycles. The van der Waals surface area contributed by atoms with Crippen molar-refractivity contribution in [3.05, 3.63) is 42.5 Å². The lowest BCUT2D eigenvalue weighted by Crippen LogP contribution is -2.28. The number of esters is 1. The molecule has 0 aliphatic heterocycles. The van der Waals surface area contributed by atoms with E-state index in [9.17, 15) is 13.2 Å². The van der Waals surface area contributed by atoms with Gasteiger partial charge in [0.25, 0.3) is 0 Å².